The molecule has 3 nitrogen and oxygen atoms in total. The molecular formula is C12H11BrO3S. The summed E-state index contributed by atoms with van der Waals surface area (Å²) in [5.41, 5.74) is 0. The van der Waals surface area contributed by atoms with Crippen LogP contribution in [0.5, 0.6) is 0 Å². The SMILES string of the molecule is O=S(=O)(OCCBr)c1cccc2ccccc12. The van der Waals surface area contributed by atoms with Gasteiger partial charge in [-0.15, -0.1) is 0 Å². The van der Waals surface area contributed by atoms with Crippen molar-refractivity contribution < 1.29 is 12.6 Å². The molecule has 0 spiro atoms. The molecule has 0 radical (unpaired) electrons. The highest BCUT2D eigenvalue weighted by Gasteiger charge is 2.17. The van der Waals surface area contributed by atoms with E-state index in [0.717, 1.165) is 5.39 Å². The van der Waals surface area contributed by atoms with E-state index in [-0.39, 0.29) is 11.5 Å². The van der Waals surface area contributed by atoms with E-state index in [1.165, 1.54) is 0 Å². The van der Waals surface area contributed by atoms with Crippen LogP contribution in [0.4, 0.5) is 0 Å². The summed E-state index contributed by atoms with van der Waals surface area (Å²) < 4.78 is 28.8. The molecule has 17 heavy (non-hydrogen) atoms. The number of alkyl halides is 1. The van der Waals surface area contributed by atoms with E-state index in [1.54, 1.807) is 18.2 Å². The number of hydrogen-bond acceptors (Lipinski definition) is 3. The number of fused-ring (bicyclic) bond motifs is 1. The molecular weight excluding hydrogens is 304 g/mol. The average molecular weight is 315 g/mol. The highest BCUT2D eigenvalue weighted by atomic mass is 79.9. The van der Waals surface area contributed by atoms with Crippen LogP contribution < -0.4 is 0 Å². The Bertz CT molecular complexity index is 617. The van der Waals surface area contributed by atoms with Crippen LogP contribution in [0, 0.1) is 0 Å². The zero-order valence-electron chi connectivity index (χ0n) is 8.97. The van der Waals surface area contributed by atoms with Gasteiger partial charge in [0.25, 0.3) is 10.1 Å². The average Bonchev–Trinajstić information content (AvgIpc) is 2.36. The molecule has 2 rings (SSSR count). The number of hydrogen-bond donors (Lipinski definition) is 0. The summed E-state index contributed by atoms with van der Waals surface area (Å²) in [6, 6.07) is 12.5. The molecule has 2 aromatic rings. The van der Waals surface area contributed by atoms with Crippen LogP contribution >= 0.6 is 15.9 Å². The van der Waals surface area contributed by atoms with Gasteiger partial charge in [0.2, 0.25) is 0 Å². The Morgan fingerprint density at radius 2 is 1.76 bits per heavy atom. The second-order valence-corrected chi connectivity index (χ2v) is 5.82. The van der Waals surface area contributed by atoms with Gasteiger partial charge in [-0.3, -0.25) is 4.18 Å². The molecule has 0 aliphatic rings. The van der Waals surface area contributed by atoms with Crippen LogP contribution in [0.1, 0.15) is 0 Å². The van der Waals surface area contributed by atoms with E-state index in [1.807, 2.05) is 24.3 Å². The predicted molar refractivity (Wildman–Crippen MR) is 70.9 cm³/mol. The summed E-state index contributed by atoms with van der Waals surface area (Å²) in [5.74, 6) is 0. The predicted octanol–water partition coefficient (Wildman–Crippen LogP) is 2.94. The van der Waals surface area contributed by atoms with Crippen molar-refractivity contribution in [1.82, 2.24) is 0 Å². The summed E-state index contributed by atoms with van der Waals surface area (Å²) >= 11 is 3.13. The Kier molecular flexibility index (Phi) is 3.81. The highest BCUT2D eigenvalue weighted by molar-refractivity contribution is 9.09. The first-order valence-corrected chi connectivity index (χ1v) is 7.61. The first kappa shape index (κ1) is 12.5. The first-order chi connectivity index (χ1) is 8.15. The van der Waals surface area contributed by atoms with E-state index in [9.17, 15) is 8.42 Å². The lowest BCUT2D eigenvalue weighted by atomic mass is 10.1. The van der Waals surface area contributed by atoms with Gasteiger partial charge in [-0.05, 0) is 11.5 Å². The third-order valence-electron chi connectivity index (χ3n) is 2.33. The molecule has 0 bridgehead atoms. The molecule has 0 saturated carbocycles. The van der Waals surface area contributed by atoms with Crippen molar-refractivity contribution in [3.63, 3.8) is 0 Å². The minimum absolute atomic E-state index is 0.131. The number of benzene rings is 2. The van der Waals surface area contributed by atoms with Gasteiger partial charge in [0.15, 0.2) is 0 Å². The topological polar surface area (TPSA) is 43.4 Å². The molecule has 0 N–H and O–H groups in total. The maximum Gasteiger partial charge on any atom is 0.297 e. The van der Waals surface area contributed by atoms with E-state index in [2.05, 4.69) is 15.9 Å². The maximum absolute atomic E-state index is 12.0. The number of halogens is 1. The minimum atomic E-state index is -3.68. The monoisotopic (exact) mass is 314 g/mol. The smallest absolute Gasteiger partial charge is 0.265 e. The third-order valence-corrected chi connectivity index (χ3v) is 4.03. The minimum Gasteiger partial charge on any atom is -0.265 e. The Labute approximate surface area is 109 Å². The van der Waals surface area contributed by atoms with Crippen molar-refractivity contribution in [2.24, 2.45) is 0 Å². The zero-order valence-corrected chi connectivity index (χ0v) is 11.4. The molecule has 2 aromatic carbocycles. The second-order valence-electron chi connectivity index (χ2n) is 3.44. The fourth-order valence-electron chi connectivity index (χ4n) is 1.62. The maximum atomic E-state index is 12.0. The van der Waals surface area contributed by atoms with Crippen LogP contribution in [0.2, 0.25) is 0 Å². The lowest BCUT2D eigenvalue weighted by molar-refractivity contribution is 0.342. The van der Waals surface area contributed by atoms with Gasteiger partial charge >= 0.3 is 0 Å². The molecule has 0 saturated heterocycles. The Hall–Kier alpha value is -0.910. The third kappa shape index (κ3) is 2.68. The van der Waals surface area contributed by atoms with Gasteiger partial charge in [0.05, 0.1) is 6.61 Å². The van der Waals surface area contributed by atoms with E-state index in [4.69, 9.17) is 4.18 Å². The second kappa shape index (κ2) is 5.16. The van der Waals surface area contributed by atoms with E-state index in [0.29, 0.717) is 10.7 Å². The summed E-state index contributed by atoms with van der Waals surface area (Å²) in [5, 5.41) is 2.05. The standard InChI is InChI=1S/C12H11BrO3S/c13-8-9-16-17(14,15)12-7-3-5-10-4-1-2-6-11(10)12/h1-7H,8-9H2. The van der Waals surface area contributed by atoms with Crippen molar-refractivity contribution in [3.05, 3.63) is 42.5 Å². The summed E-state index contributed by atoms with van der Waals surface area (Å²) in [6.45, 7) is 0.131. The van der Waals surface area contributed by atoms with Crippen LogP contribution in [0.15, 0.2) is 47.4 Å². The molecule has 0 atom stereocenters. The van der Waals surface area contributed by atoms with E-state index < -0.39 is 10.1 Å². The summed E-state index contributed by atoms with van der Waals surface area (Å²) in [6.07, 6.45) is 0. The van der Waals surface area contributed by atoms with Gasteiger partial charge in [0, 0.05) is 10.7 Å². The Balaban J connectivity index is 2.55. The number of rotatable bonds is 4. The van der Waals surface area contributed by atoms with Crippen LogP contribution in [-0.4, -0.2) is 20.4 Å². The van der Waals surface area contributed by atoms with Gasteiger partial charge in [-0.25, -0.2) is 0 Å². The molecule has 0 amide bonds. The van der Waals surface area contributed by atoms with Crippen LogP contribution in [-0.2, 0) is 14.3 Å². The summed E-state index contributed by atoms with van der Waals surface area (Å²) in [7, 11) is -3.68. The first-order valence-electron chi connectivity index (χ1n) is 5.08. The Morgan fingerprint density at radius 3 is 2.53 bits per heavy atom. The molecule has 90 valence electrons. The fraction of sp³-hybridized carbons (Fsp3) is 0.167. The lowest BCUT2D eigenvalue weighted by Gasteiger charge is -2.07. The van der Waals surface area contributed by atoms with Gasteiger partial charge < -0.3 is 0 Å². The van der Waals surface area contributed by atoms with Gasteiger partial charge in [-0.1, -0.05) is 52.3 Å². The molecule has 0 unspecified atom stereocenters. The van der Waals surface area contributed by atoms with Crippen molar-refractivity contribution >= 4 is 36.8 Å². The normalized spacial score (nSPS) is 11.8. The molecule has 0 fully saturated rings. The largest absolute Gasteiger partial charge is 0.297 e. The highest BCUT2D eigenvalue weighted by Crippen LogP contribution is 2.24. The van der Waals surface area contributed by atoms with Crippen LogP contribution in [0.25, 0.3) is 10.8 Å². The van der Waals surface area contributed by atoms with Crippen LogP contribution in [0.3, 0.4) is 0 Å². The zero-order chi connectivity index (χ0) is 12.3. The fourth-order valence-corrected chi connectivity index (χ4v) is 3.12. The quantitative estimate of drug-likeness (QED) is 0.643. The molecule has 0 heterocycles. The molecule has 0 aromatic heterocycles. The molecule has 0 aliphatic heterocycles. The van der Waals surface area contributed by atoms with Gasteiger partial charge in [0.1, 0.15) is 4.90 Å². The lowest BCUT2D eigenvalue weighted by Crippen LogP contribution is -2.08. The molecule has 5 heteroatoms. The van der Waals surface area contributed by atoms with Crippen molar-refractivity contribution in [3.8, 4) is 0 Å². The van der Waals surface area contributed by atoms with Crippen molar-refractivity contribution in [1.29, 1.82) is 0 Å². The Morgan fingerprint density at radius 1 is 1.06 bits per heavy atom. The van der Waals surface area contributed by atoms with Crippen molar-refractivity contribution in [2.45, 2.75) is 4.90 Å². The van der Waals surface area contributed by atoms with Crippen molar-refractivity contribution in [2.75, 3.05) is 11.9 Å². The van der Waals surface area contributed by atoms with Gasteiger partial charge in [-0.2, -0.15) is 8.42 Å². The molecule has 0 aliphatic carbocycles. The van der Waals surface area contributed by atoms with E-state index >= 15 is 0 Å². The summed E-state index contributed by atoms with van der Waals surface area (Å²) in [4.78, 5) is 0.219.